The number of para-hydroxylation sites is 1. The zero-order valence-corrected chi connectivity index (χ0v) is 11.8. The predicted octanol–water partition coefficient (Wildman–Crippen LogP) is 2.51. The van der Waals surface area contributed by atoms with Gasteiger partial charge in [-0.1, -0.05) is 24.3 Å². The number of benzene rings is 2. The molecule has 2 N–H and O–H groups in total. The third kappa shape index (κ3) is 3.99. The van der Waals surface area contributed by atoms with Gasteiger partial charge in [-0.15, -0.1) is 0 Å². The molecule has 0 aliphatic carbocycles. The van der Waals surface area contributed by atoms with Crippen molar-refractivity contribution >= 4 is 15.5 Å². The number of hydrogen-bond donors (Lipinski definition) is 1. The minimum Gasteiger partial charge on any atom is -0.494 e. The number of hydrogen-bond acceptors (Lipinski definition) is 4. The fourth-order valence-electron chi connectivity index (χ4n) is 1.78. The Labute approximate surface area is 119 Å². The van der Waals surface area contributed by atoms with E-state index in [-0.39, 0.29) is 10.6 Å². The van der Waals surface area contributed by atoms with Crippen LogP contribution in [0.5, 0.6) is 5.75 Å². The van der Waals surface area contributed by atoms with Gasteiger partial charge in [0.05, 0.1) is 17.3 Å². The molecule has 0 aromatic heterocycles. The normalized spacial score (nSPS) is 11.2. The van der Waals surface area contributed by atoms with Crippen molar-refractivity contribution in [2.45, 2.75) is 11.3 Å². The second kappa shape index (κ2) is 6.43. The fourth-order valence-corrected chi connectivity index (χ4v) is 3.12. The number of sulfone groups is 1. The van der Waals surface area contributed by atoms with E-state index in [0.717, 1.165) is 5.75 Å². The van der Waals surface area contributed by atoms with Gasteiger partial charge in [-0.05, 0) is 36.8 Å². The first-order valence-corrected chi connectivity index (χ1v) is 7.99. The van der Waals surface area contributed by atoms with E-state index in [1.807, 2.05) is 30.3 Å². The van der Waals surface area contributed by atoms with Crippen molar-refractivity contribution in [3.05, 3.63) is 54.6 Å². The first-order chi connectivity index (χ1) is 9.58. The predicted molar refractivity (Wildman–Crippen MR) is 79.5 cm³/mol. The van der Waals surface area contributed by atoms with E-state index in [2.05, 4.69) is 0 Å². The maximum atomic E-state index is 12.1. The summed E-state index contributed by atoms with van der Waals surface area (Å²) in [6.45, 7) is 0.367. The Bertz CT molecular complexity index is 654. The van der Waals surface area contributed by atoms with Gasteiger partial charge in [0.2, 0.25) is 0 Å². The molecule has 0 saturated carbocycles. The first kappa shape index (κ1) is 14.4. The summed E-state index contributed by atoms with van der Waals surface area (Å²) < 4.78 is 29.6. The highest BCUT2D eigenvalue weighted by atomic mass is 32.2. The van der Waals surface area contributed by atoms with E-state index >= 15 is 0 Å². The molecule has 0 spiro atoms. The molecule has 20 heavy (non-hydrogen) atoms. The van der Waals surface area contributed by atoms with E-state index in [1.54, 1.807) is 18.2 Å². The molecule has 0 bridgehead atoms. The summed E-state index contributed by atoms with van der Waals surface area (Å²) in [5.74, 6) is 0.789. The van der Waals surface area contributed by atoms with Gasteiger partial charge in [0.25, 0.3) is 0 Å². The van der Waals surface area contributed by atoms with E-state index in [4.69, 9.17) is 10.5 Å². The Morgan fingerprint density at radius 2 is 1.75 bits per heavy atom. The molecule has 0 amide bonds. The van der Waals surface area contributed by atoms with Crippen LogP contribution in [0.25, 0.3) is 0 Å². The minimum atomic E-state index is -3.30. The third-order valence-electron chi connectivity index (χ3n) is 2.79. The molecular formula is C15H17NO3S. The third-order valence-corrected chi connectivity index (χ3v) is 4.58. The Morgan fingerprint density at radius 3 is 2.45 bits per heavy atom. The van der Waals surface area contributed by atoms with Crippen molar-refractivity contribution in [2.24, 2.45) is 0 Å². The van der Waals surface area contributed by atoms with Crippen LogP contribution >= 0.6 is 0 Å². The quantitative estimate of drug-likeness (QED) is 0.656. The number of anilines is 1. The van der Waals surface area contributed by atoms with Crippen LogP contribution in [0.15, 0.2) is 59.5 Å². The lowest BCUT2D eigenvalue weighted by molar-refractivity contribution is 0.317. The first-order valence-electron chi connectivity index (χ1n) is 6.34. The van der Waals surface area contributed by atoms with Crippen molar-refractivity contribution < 1.29 is 13.2 Å². The molecule has 0 heterocycles. The maximum absolute atomic E-state index is 12.1. The zero-order valence-electron chi connectivity index (χ0n) is 11.0. The van der Waals surface area contributed by atoms with Crippen molar-refractivity contribution in [1.29, 1.82) is 0 Å². The summed E-state index contributed by atoms with van der Waals surface area (Å²) in [5.41, 5.74) is 6.05. The van der Waals surface area contributed by atoms with Crippen molar-refractivity contribution in [1.82, 2.24) is 0 Å². The fraction of sp³-hybridized carbons (Fsp3) is 0.200. The van der Waals surface area contributed by atoms with Gasteiger partial charge in [0.15, 0.2) is 9.84 Å². The van der Waals surface area contributed by atoms with Crippen LogP contribution in [0, 0.1) is 0 Å². The van der Waals surface area contributed by atoms with Crippen LogP contribution in [0.4, 0.5) is 5.69 Å². The topological polar surface area (TPSA) is 69.4 Å². The van der Waals surface area contributed by atoms with Crippen LogP contribution in [0.2, 0.25) is 0 Å². The smallest absolute Gasteiger partial charge is 0.178 e. The molecule has 0 fully saturated rings. The van der Waals surface area contributed by atoms with Gasteiger partial charge in [-0.2, -0.15) is 0 Å². The van der Waals surface area contributed by atoms with Gasteiger partial charge in [0.1, 0.15) is 5.75 Å². The van der Waals surface area contributed by atoms with Crippen LogP contribution < -0.4 is 10.5 Å². The molecular weight excluding hydrogens is 274 g/mol. The van der Waals surface area contributed by atoms with Gasteiger partial charge < -0.3 is 10.5 Å². The summed E-state index contributed by atoms with van der Waals surface area (Å²) in [6, 6.07) is 15.7. The molecule has 0 saturated heterocycles. The van der Waals surface area contributed by atoms with Crippen LogP contribution in [0.1, 0.15) is 6.42 Å². The lowest BCUT2D eigenvalue weighted by Gasteiger charge is -2.07. The second-order valence-electron chi connectivity index (χ2n) is 4.41. The van der Waals surface area contributed by atoms with E-state index < -0.39 is 9.84 Å². The summed E-state index contributed by atoms with van der Waals surface area (Å²) in [6.07, 6.45) is 0.437. The van der Waals surface area contributed by atoms with Crippen LogP contribution in [0.3, 0.4) is 0 Å². The highest BCUT2D eigenvalue weighted by Crippen LogP contribution is 2.15. The Balaban J connectivity index is 1.87. The zero-order chi connectivity index (χ0) is 14.4. The molecule has 0 aliphatic rings. The molecule has 0 atom stereocenters. The van der Waals surface area contributed by atoms with Gasteiger partial charge in [-0.25, -0.2) is 8.42 Å². The molecule has 2 rings (SSSR count). The molecule has 5 heteroatoms. The maximum Gasteiger partial charge on any atom is 0.178 e. The van der Waals surface area contributed by atoms with E-state index in [0.29, 0.717) is 18.7 Å². The van der Waals surface area contributed by atoms with Crippen LogP contribution in [-0.2, 0) is 9.84 Å². The van der Waals surface area contributed by atoms with E-state index in [1.165, 1.54) is 6.07 Å². The van der Waals surface area contributed by atoms with Crippen molar-refractivity contribution in [2.75, 3.05) is 18.1 Å². The Morgan fingerprint density at radius 1 is 1.00 bits per heavy atom. The van der Waals surface area contributed by atoms with Gasteiger partial charge in [0, 0.05) is 5.69 Å². The summed E-state index contributed by atoms with van der Waals surface area (Å²) in [5, 5.41) is 0. The van der Waals surface area contributed by atoms with Crippen molar-refractivity contribution in [3.63, 3.8) is 0 Å². The van der Waals surface area contributed by atoms with Crippen molar-refractivity contribution in [3.8, 4) is 5.75 Å². The SMILES string of the molecule is Nc1cccc(S(=O)(=O)CCCOc2ccccc2)c1. The highest BCUT2D eigenvalue weighted by molar-refractivity contribution is 7.91. The molecule has 106 valence electrons. The Kier molecular flexibility index (Phi) is 4.63. The summed E-state index contributed by atoms with van der Waals surface area (Å²) in [7, 11) is -3.30. The molecule has 0 radical (unpaired) electrons. The monoisotopic (exact) mass is 291 g/mol. The molecule has 4 nitrogen and oxygen atoms in total. The lowest BCUT2D eigenvalue weighted by atomic mass is 10.3. The molecule has 2 aromatic rings. The number of nitrogen functional groups attached to an aromatic ring is 1. The standard InChI is InChI=1S/C15H17NO3S/c16-13-6-4-9-15(12-13)20(17,18)11-5-10-19-14-7-2-1-3-8-14/h1-4,6-9,12H,5,10-11,16H2. The highest BCUT2D eigenvalue weighted by Gasteiger charge is 2.14. The summed E-state index contributed by atoms with van der Waals surface area (Å²) >= 11 is 0. The van der Waals surface area contributed by atoms with Gasteiger partial charge in [-0.3, -0.25) is 0 Å². The average Bonchev–Trinajstić information content (AvgIpc) is 2.45. The number of rotatable bonds is 6. The van der Waals surface area contributed by atoms with E-state index in [9.17, 15) is 8.42 Å². The lowest BCUT2D eigenvalue weighted by Crippen LogP contribution is -2.10. The summed E-state index contributed by atoms with van der Waals surface area (Å²) in [4.78, 5) is 0.261. The number of ether oxygens (including phenoxy) is 1. The average molecular weight is 291 g/mol. The van der Waals surface area contributed by atoms with Gasteiger partial charge >= 0.3 is 0 Å². The Hall–Kier alpha value is -2.01. The van der Waals surface area contributed by atoms with Crippen LogP contribution in [-0.4, -0.2) is 20.8 Å². The molecule has 2 aromatic carbocycles. The second-order valence-corrected chi connectivity index (χ2v) is 6.52. The molecule has 0 unspecified atom stereocenters. The number of nitrogens with two attached hydrogens (primary N) is 1. The minimum absolute atomic E-state index is 0.0449. The largest absolute Gasteiger partial charge is 0.494 e. The molecule has 0 aliphatic heterocycles.